The molecule has 0 rings (SSSR count). The van der Waals surface area contributed by atoms with Crippen molar-refractivity contribution in [3.05, 3.63) is 0 Å². The number of unbranched alkanes of at least 4 members (excludes halogenated alkanes) is 3. The molecule has 5 atom stereocenters. The summed E-state index contributed by atoms with van der Waals surface area (Å²) in [7, 11) is 0. The second-order valence-electron chi connectivity index (χ2n) is 12.4. The number of rotatable bonds is 25. The molecule has 14 heteroatoms. The van der Waals surface area contributed by atoms with Gasteiger partial charge in [-0.15, -0.1) is 0 Å². The van der Waals surface area contributed by atoms with E-state index in [1.54, 1.807) is 0 Å². The lowest BCUT2D eigenvalue weighted by molar-refractivity contribution is -0.135. The van der Waals surface area contributed by atoms with Gasteiger partial charge in [-0.05, 0) is 102 Å². The van der Waals surface area contributed by atoms with E-state index in [-0.39, 0.29) is 24.7 Å². The van der Waals surface area contributed by atoms with Crippen molar-refractivity contribution < 1.29 is 24.0 Å². The van der Waals surface area contributed by atoms with Crippen molar-refractivity contribution in [3.63, 3.8) is 0 Å². The van der Waals surface area contributed by atoms with E-state index in [1.807, 2.05) is 27.7 Å². The fourth-order valence-electron chi connectivity index (χ4n) is 4.72. The van der Waals surface area contributed by atoms with Gasteiger partial charge >= 0.3 is 0 Å². The average Bonchev–Trinajstić information content (AvgIpc) is 2.94. The predicted octanol–water partition coefficient (Wildman–Crippen LogP) is -0.783. The van der Waals surface area contributed by atoms with Gasteiger partial charge in [0.1, 0.15) is 24.2 Å². The molecule has 0 bridgehead atoms. The highest BCUT2D eigenvalue weighted by Crippen LogP contribution is 2.11. The molecule has 0 spiro atoms. The Morgan fingerprint density at radius 2 is 0.841 bits per heavy atom. The highest BCUT2D eigenvalue weighted by atomic mass is 16.2. The largest absolute Gasteiger partial charge is 0.368 e. The molecule has 0 heterocycles. The SMILES string of the molecule is CC(C)C[C@H](NC(=O)[C@@H](N)CC(C)C)C(=O)N[C@@H](CCCCN)C(=O)N[C@@H](CCCCN)C(=O)N[C@@H](CCCCN)C(N)=O. The zero-order valence-corrected chi connectivity index (χ0v) is 27.4. The Hall–Kier alpha value is -2.81. The van der Waals surface area contributed by atoms with E-state index in [0.717, 1.165) is 0 Å². The maximum Gasteiger partial charge on any atom is 0.243 e. The van der Waals surface area contributed by atoms with Crippen LogP contribution in [0.25, 0.3) is 0 Å². The summed E-state index contributed by atoms with van der Waals surface area (Å²) >= 11 is 0. The highest BCUT2D eigenvalue weighted by molar-refractivity contribution is 5.95. The number of amides is 5. The highest BCUT2D eigenvalue weighted by Gasteiger charge is 2.31. The molecule has 14 N–H and O–H groups in total. The van der Waals surface area contributed by atoms with Gasteiger partial charge in [-0.25, -0.2) is 0 Å². The van der Waals surface area contributed by atoms with Crippen LogP contribution in [0.2, 0.25) is 0 Å². The van der Waals surface area contributed by atoms with Crippen molar-refractivity contribution in [3.8, 4) is 0 Å². The summed E-state index contributed by atoms with van der Waals surface area (Å²) in [6.45, 7) is 9.02. The Bertz CT molecular complexity index is 872. The number of nitrogens with one attached hydrogen (secondary N) is 4. The first kappa shape index (κ1) is 41.2. The molecule has 0 unspecified atom stereocenters. The molecule has 0 aromatic heterocycles. The number of hydrogen-bond acceptors (Lipinski definition) is 9. The van der Waals surface area contributed by atoms with Crippen LogP contribution in [0.1, 0.15) is 98.3 Å². The van der Waals surface area contributed by atoms with Gasteiger partial charge in [0.05, 0.1) is 6.04 Å². The minimum absolute atomic E-state index is 0.0653. The summed E-state index contributed by atoms with van der Waals surface area (Å²) in [5, 5.41) is 11.0. The van der Waals surface area contributed by atoms with Crippen LogP contribution >= 0.6 is 0 Å². The molecule has 256 valence electrons. The minimum Gasteiger partial charge on any atom is -0.368 e. The number of primary amides is 1. The van der Waals surface area contributed by atoms with E-state index in [4.69, 9.17) is 28.7 Å². The molecule has 0 aliphatic heterocycles. The molecular formula is C30H61N9O5. The molecule has 0 aromatic carbocycles. The number of nitrogens with two attached hydrogens (primary N) is 5. The maximum absolute atomic E-state index is 13.6. The molecular weight excluding hydrogens is 566 g/mol. The molecule has 0 fully saturated rings. The van der Waals surface area contributed by atoms with E-state index in [1.165, 1.54) is 0 Å². The van der Waals surface area contributed by atoms with Gasteiger partial charge < -0.3 is 49.9 Å². The molecule has 0 saturated carbocycles. The average molecular weight is 628 g/mol. The van der Waals surface area contributed by atoms with Crippen molar-refractivity contribution in [2.45, 2.75) is 129 Å². The smallest absolute Gasteiger partial charge is 0.243 e. The fraction of sp³-hybridized carbons (Fsp3) is 0.833. The Morgan fingerprint density at radius 3 is 1.20 bits per heavy atom. The first-order chi connectivity index (χ1) is 20.8. The lowest BCUT2D eigenvalue weighted by Crippen LogP contribution is -2.58. The second-order valence-corrected chi connectivity index (χ2v) is 12.4. The van der Waals surface area contributed by atoms with E-state index in [0.29, 0.717) is 77.4 Å². The van der Waals surface area contributed by atoms with E-state index < -0.39 is 59.7 Å². The first-order valence-corrected chi connectivity index (χ1v) is 16.1. The molecule has 0 aliphatic rings. The fourth-order valence-corrected chi connectivity index (χ4v) is 4.72. The maximum atomic E-state index is 13.6. The van der Waals surface area contributed by atoms with Crippen LogP contribution in [0.15, 0.2) is 0 Å². The van der Waals surface area contributed by atoms with Gasteiger partial charge in [0, 0.05) is 0 Å². The second kappa shape index (κ2) is 23.6. The van der Waals surface area contributed by atoms with Gasteiger partial charge in [-0.2, -0.15) is 0 Å². The summed E-state index contributed by atoms with van der Waals surface area (Å²) in [6.07, 6.45) is 5.27. The molecule has 0 aromatic rings. The van der Waals surface area contributed by atoms with E-state index >= 15 is 0 Å². The topological polar surface area (TPSA) is 264 Å². The predicted molar refractivity (Wildman–Crippen MR) is 173 cm³/mol. The van der Waals surface area contributed by atoms with Crippen molar-refractivity contribution in [2.24, 2.45) is 40.5 Å². The standard InChI is InChI=1S/C30H61N9O5/c1-19(2)17-21(34)27(41)39-25(18-20(3)4)30(44)38-24(13-7-10-16-33)29(43)37-23(12-6-9-15-32)28(42)36-22(26(35)40)11-5-8-14-31/h19-25H,5-18,31-34H2,1-4H3,(H2,35,40)(H,36,42)(H,37,43)(H,38,44)(H,39,41)/t21-,22-,23-,24-,25-/m0/s1. The van der Waals surface area contributed by atoms with Crippen molar-refractivity contribution in [1.29, 1.82) is 0 Å². The summed E-state index contributed by atoms with van der Waals surface area (Å²) in [5.41, 5.74) is 28.4. The molecule has 0 radical (unpaired) electrons. The van der Waals surface area contributed by atoms with Crippen LogP contribution in [0.4, 0.5) is 0 Å². The normalized spacial score (nSPS) is 14.8. The Balaban J connectivity index is 5.89. The van der Waals surface area contributed by atoms with Crippen LogP contribution in [0, 0.1) is 11.8 Å². The van der Waals surface area contributed by atoms with E-state index in [9.17, 15) is 24.0 Å². The van der Waals surface area contributed by atoms with Crippen molar-refractivity contribution in [2.75, 3.05) is 19.6 Å². The Morgan fingerprint density at radius 1 is 0.500 bits per heavy atom. The Kier molecular flexibility index (Phi) is 22.1. The van der Waals surface area contributed by atoms with E-state index in [2.05, 4.69) is 21.3 Å². The lowest BCUT2D eigenvalue weighted by atomic mass is 9.99. The van der Waals surface area contributed by atoms with Crippen LogP contribution in [-0.2, 0) is 24.0 Å². The number of hydrogen-bond donors (Lipinski definition) is 9. The van der Waals surface area contributed by atoms with Crippen LogP contribution in [0.5, 0.6) is 0 Å². The van der Waals surface area contributed by atoms with Gasteiger partial charge in [-0.3, -0.25) is 24.0 Å². The monoisotopic (exact) mass is 627 g/mol. The quantitative estimate of drug-likeness (QED) is 0.0574. The Labute approximate surface area is 263 Å². The van der Waals surface area contributed by atoms with Crippen LogP contribution in [-0.4, -0.2) is 79.4 Å². The molecule has 0 aliphatic carbocycles. The van der Waals surface area contributed by atoms with Crippen molar-refractivity contribution in [1.82, 2.24) is 21.3 Å². The number of carbonyl (C=O) groups is 5. The zero-order valence-electron chi connectivity index (χ0n) is 27.4. The third-order valence-electron chi connectivity index (χ3n) is 7.17. The van der Waals surface area contributed by atoms with Crippen LogP contribution < -0.4 is 49.9 Å². The first-order valence-electron chi connectivity index (χ1n) is 16.1. The zero-order chi connectivity index (χ0) is 33.7. The van der Waals surface area contributed by atoms with Crippen molar-refractivity contribution >= 4 is 29.5 Å². The van der Waals surface area contributed by atoms with Gasteiger partial charge in [0.2, 0.25) is 29.5 Å². The van der Waals surface area contributed by atoms with Gasteiger partial charge in [0.25, 0.3) is 0 Å². The summed E-state index contributed by atoms with van der Waals surface area (Å²) < 4.78 is 0. The minimum atomic E-state index is -0.994. The molecule has 5 amide bonds. The van der Waals surface area contributed by atoms with Gasteiger partial charge in [0.15, 0.2) is 0 Å². The van der Waals surface area contributed by atoms with Crippen LogP contribution in [0.3, 0.4) is 0 Å². The molecule has 0 saturated heterocycles. The lowest BCUT2D eigenvalue weighted by Gasteiger charge is -2.27. The van der Waals surface area contributed by atoms with Gasteiger partial charge in [-0.1, -0.05) is 27.7 Å². The summed E-state index contributed by atoms with van der Waals surface area (Å²) in [4.78, 5) is 65.1. The third kappa shape index (κ3) is 18.1. The summed E-state index contributed by atoms with van der Waals surface area (Å²) in [6, 6.07) is -4.57. The third-order valence-corrected chi connectivity index (χ3v) is 7.17. The molecule has 14 nitrogen and oxygen atoms in total. The number of carbonyl (C=O) groups excluding carboxylic acids is 5. The molecule has 44 heavy (non-hydrogen) atoms. The summed E-state index contributed by atoms with van der Waals surface area (Å²) in [5.74, 6) is -2.49.